The van der Waals surface area contributed by atoms with Crippen LogP contribution in [0.1, 0.15) is 15.9 Å². The molecule has 1 aliphatic heterocycles. The van der Waals surface area contributed by atoms with E-state index in [1.165, 1.54) is 18.2 Å². The fourth-order valence-electron chi connectivity index (χ4n) is 2.06. The van der Waals surface area contributed by atoms with E-state index in [2.05, 4.69) is 0 Å². The van der Waals surface area contributed by atoms with Crippen molar-refractivity contribution in [3.8, 4) is 5.75 Å². The van der Waals surface area contributed by atoms with E-state index in [1.807, 2.05) is 0 Å². The highest BCUT2D eigenvalue weighted by atomic mass is 16.6. The van der Waals surface area contributed by atoms with Crippen molar-refractivity contribution in [2.24, 2.45) is 0 Å². The summed E-state index contributed by atoms with van der Waals surface area (Å²) in [5.41, 5.74) is 0.212. The van der Waals surface area contributed by atoms with Gasteiger partial charge in [-0.25, -0.2) is 0 Å². The van der Waals surface area contributed by atoms with Gasteiger partial charge in [0.1, 0.15) is 24.0 Å². The van der Waals surface area contributed by atoms with Gasteiger partial charge in [0.2, 0.25) is 0 Å². The van der Waals surface area contributed by atoms with E-state index in [0.717, 1.165) is 0 Å². The van der Waals surface area contributed by atoms with Crippen LogP contribution in [-0.4, -0.2) is 30.0 Å². The normalized spacial score (nSPS) is 16.1. The second kappa shape index (κ2) is 5.95. The molecule has 3 rings (SSSR count). The van der Waals surface area contributed by atoms with Crippen LogP contribution in [0.2, 0.25) is 0 Å². The van der Waals surface area contributed by atoms with Gasteiger partial charge in [-0.05, 0) is 18.2 Å². The van der Waals surface area contributed by atoms with E-state index in [-0.39, 0.29) is 17.4 Å². The maximum Gasteiger partial charge on any atom is 0.280 e. The van der Waals surface area contributed by atoms with E-state index in [0.29, 0.717) is 24.5 Å². The predicted octanol–water partition coefficient (Wildman–Crippen LogP) is 2.60. The molecule has 0 aromatic heterocycles. The standard InChI is InChI=1S/C16H13NO5/c18-16(14-6-1-2-7-15(14)17(19)20)11-4-3-5-12(8-11)21-9-13-10-22-13/h1-8,13H,9-10H2. The number of hydrogen-bond acceptors (Lipinski definition) is 5. The lowest BCUT2D eigenvalue weighted by molar-refractivity contribution is -0.385. The van der Waals surface area contributed by atoms with E-state index >= 15 is 0 Å². The summed E-state index contributed by atoms with van der Waals surface area (Å²) < 4.78 is 10.6. The highest BCUT2D eigenvalue weighted by Crippen LogP contribution is 2.23. The molecule has 0 aliphatic carbocycles. The van der Waals surface area contributed by atoms with Crippen LogP contribution in [-0.2, 0) is 4.74 Å². The first-order chi connectivity index (χ1) is 10.6. The Morgan fingerprint density at radius 2 is 2.05 bits per heavy atom. The molecule has 0 bridgehead atoms. The van der Waals surface area contributed by atoms with Crippen LogP contribution in [0.5, 0.6) is 5.75 Å². The molecule has 1 unspecified atom stereocenters. The van der Waals surface area contributed by atoms with Crippen LogP contribution in [0, 0.1) is 10.1 Å². The molecule has 2 aromatic carbocycles. The third kappa shape index (κ3) is 3.12. The van der Waals surface area contributed by atoms with Crippen molar-refractivity contribution in [3.63, 3.8) is 0 Å². The molecule has 0 spiro atoms. The quantitative estimate of drug-likeness (QED) is 0.354. The summed E-state index contributed by atoms with van der Waals surface area (Å²) in [6, 6.07) is 12.5. The summed E-state index contributed by atoms with van der Waals surface area (Å²) in [7, 11) is 0. The molecule has 1 fully saturated rings. The summed E-state index contributed by atoms with van der Waals surface area (Å²) in [5, 5.41) is 11.0. The molecule has 1 saturated heterocycles. The first kappa shape index (κ1) is 14.2. The molecule has 1 heterocycles. The van der Waals surface area contributed by atoms with Crippen LogP contribution < -0.4 is 4.74 Å². The van der Waals surface area contributed by atoms with Gasteiger partial charge in [0, 0.05) is 11.6 Å². The molecule has 2 aromatic rings. The van der Waals surface area contributed by atoms with Gasteiger partial charge in [-0.3, -0.25) is 14.9 Å². The molecule has 112 valence electrons. The van der Waals surface area contributed by atoms with Gasteiger partial charge in [0.25, 0.3) is 5.69 Å². The average molecular weight is 299 g/mol. The topological polar surface area (TPSA) is 82.0 Å². The number of carbonyl (C=O) groups is 1. The van der Waals surface area contributed by atoms with Gasteiger partial charge in [0.15, 0.2) is 5.78 Å². The molecular formula is C16H13NO5. The summed E-state index contributed by atoms with van der Waals surface area (Å²) in [6.45, 7) is 1.12. The number of ether oxygens (including phenoxy) is 2. The number of nitrogens with zero attached hydrogens (tertiary/aromatic N) is 1. The highest BCUT2D eigenvalue weighted by molar-refractivity contribution is 6.11. The second-order valence-electron chi connectivity index (χ2n) is 4.90. The Hall–Kier alpha value is -2.73. The number of ketones is 1. The number of nitro benzene ring substituents is 1. The molecule has 0 radical (unpaired) electrons. The number of hydrogen-bond donors (Lipinski definition) is 0. The number of carbonyl (C=O) groups excluding carboxylic acids is 1. The molecule has 6 heteroatoms. The summed E-state index contributed by atoms with van der Waals surface area (Å²) in [4.78, 5) is 23.0. The van der Waals surface area contributed by atoms with Crippen molar-refractivity contribution in [2.75, 3.05) is 13.2 Å². The van der Waals surface area contributed by atoms with E-state index < -0.39 is 10.7 Å². The van der Waals surface area contributed by atoms with Crippen molar-refractivity contribution in [1.29, 1.82) is 0 Å². The van der Waals surface area contributed by atoms with Crippen LogP contribution >= 0.6 is 0 Å². The van der Waals surface area contributed by atoms with Crippen molar-refractivity contribution in [2.45, 2.75) is 6.10 Å². The minimum Gasteiger partial charge on any atom is -0.491 e. The Morgan fingerprint density at radius 1 is 1.27 bits per heavy atom. The van der Waals surface area contributed by atoms with Gasteiger partial charge in [0.05, 0.1) is 11.5 Å². The zero-order valence-electron chi connectivity index (χ0n) is 11.6. The Balaban J connectivity index is 1.85. The third-order valence-electron chi connectivity index (χ3n) is 3.28. The maximum absolute atomic E-state index is 12.5. The number of epoxide rings is 1. The molecule has 0 amide bonds. The minimum atomic E-state index is -0.558. The first-order valence-electron chi connectivity index (χ1n) is 6.78. The van der Waals surface area contributed by atoms with Crippen LogP contribution in [0.15, 0.2) is 48.5 Å². The minimum absolute atomic E-state index is 0.0650. The largest absolute Gasteiger partial charge is 0.491 e. The van der Waals surface area contributed by atoms with E-state index in [1.54, 1.807) is 30.3 Å². The lowest BCUT2D eigenvalue weighted by atomic mass is 10.0. The van der Waals surface area contributed by atoms with E-state index in [4.69, 9.17) is 9.47 Å². The maximum atomic E-state index is 12.5. The number of nitro groups is 1. The van der Waals surface area contributed by atoms with Gasteiger partial charge in [-0.1, -0.05) is 24.3 Å². The smallest absolute Gasteiger partial charge is 0.280 e. The van der Waals surface area contributed by atoms with Crippen LogP contribution in [0.4, 0.5) is 5.69 Å². The molecule has 22 heavy (non-hydrogen) atoms. The zero-order valence-corrected chi connectivity index (χ0v) is 11.6. The highest BCUT2D eigenvalue weighted by Gasteiger charge is 2.24. The van der Waals surface area contributed by atoms with Crippen molar-refractivity contribution in [1.82, 2.24) is 0 Å². The average Bonchev–Trinajstić information content (AvgIpc) is 3.37. The SMILES string of the molecule is O=C(c1cccc(OCC2CO2)c1)c1ccccc1[N+](=O)[O-]. The number of para-hydroxylation sites is 1. The van der Waals surface area contributed by atoms with Crippen molar-refractivity contribution >= 4 is 11.5 Å². The number of rotatable bonds is 6. The summed E-state index contributed by atoms with van der Waals surface area (Å²) in [5.74, 6) is 0.139. The van der Waals surface area contributed by atoms with Gasteiger partial charge >= 0.3 is 0 Å². The van der Waals surface area contributed by atoms with Crippen LogP contribution in [0.3, 0.4) is 0 Å². The Labute approximate surface area is 126 Å². The predicted molar refractivity (Wildman–Crippen MR) is 78.2 cm³/mol. The lowest BCUT2D eigenvalue weighted by Crippen LogP contribution is -2.07. The third-order valence-corrected chi connectivity index (χ3v) is 3.28. The lowest BCUT2D eigenvalue weighted by Gasteiger charge is -2.07. The Morgan fingerprint density at radius 3 is 2.77 bits per heavy atom. The molecule has 0 saturated carbocycles. The zero-order chi connectivity index (χ0) is 15.5. The van der Waals surface area contributed by atoms with Gasteiger partial charge < -0.3 is 9.47 Å². The monoisotopic (exact) mass is 299 g/mol. The van der Waals surface area contributed by atoms with Gasteiger partial charge in [-0.15, -0.1) is 0 Å². The molecule has 6 nitrogen and oxygen atoms in total. The fraction of sp³-hybridized carbons (Fsp3) is 0.188. The Kier molecular flexibility index (Phi) is 3.84. The van der Waals surface area contributed by atoms with Crippen LogP contribution in [0.25, 0.3) is 0 Å². The van der Waals surface area contributed by atoms with E-state index in [9.17, 15) is 14.9 Å². The summed E-state index contributed by atoms with van der Waals surface area (Å²) in [6.07, 6.45) is 0.120. The van der Waals surface area contributed by atoms with Crippen molar-refractivity contribution < 1.29 is 19.2 Å². The molecule has 0 N–H and O–H groups in total. The van der Waals surface area contributed by atoms with Gasteiger partial charge in [-0.2, -0.15) is 0 Å². The number of benzene rings is 2. The fourth-order valence-corrected chi connectivity index (χ4v) is 2.06. The summed E-state index contributed by atoms with van der Waals surface area (Å²) >= 11 is 0. The molecule has 1 aliphatic rings. The van der Waals surface area contributed by atoms with Crippen molar-refractivity contribution in [3.05, 3.63) is 69.8 Å². The second-order valence-corrected chi connectivity index (χ2v) is 4.90. The molecular weight excluding hydrogens is 286 g/mol. The molecule has 1 atom stereocenters. The Bertz CT molecular complexity index is 724. The first-order valence-corrected chi connectivity index (χ1v) is 6.78.